The van der Waals surface area contributed by atoms with E-state index >= 15 is 0 Å². The highest BCUT2D eigenvalue weighted by Gasteiger charge is 2.16. The molecule has 0 aliphatic heterocycles. The molecule has 0 fully saturated rings. The molecular formula is C16H19NO2. The molecule has 2 rings (SSSR count). The van der Waals surface area contributed by atoms with Crippen molar-refractivity contribution < 1.29 is 10.2 Å². The molecule has 3 heteroatoms. The summed E-state index contributed by atoms with van der Waals surface area (Å²) in [7, 11) is 0. The van der Waals surface area contributed by atoms with E-state index < -0.39 is 0 Å². The molecule has 2 aromatic rings. The number of aliphatic hydroxyl groups excluding tert-OH is 2. The molecule has 0 amide bonds. The van der Waals surface area contributed by atoms with Crippen molar-refractivity contribution in [2.75, 3.05) is 13.2 Å². The van der Waals surface area contributed by atoms with Crippen LogP contribution in [0.15, 0.2) is 60.7 Å². The zero-order valence-corrected chi connectivity index (χ0v) is 10.7. The molecule has 0 bridgehead atoms. The molecule has 0 saturated carbocycles. The molecule has 0 aliphatic carbocycles. The van der Waals surface area contributed by atoms with Gasteiger partial charge in [0.15, 0.2) is 0 Å². The molecule has 2 aromatic carbocycles. The molecule has 0 heterocycles. The lowest BCUT2D eigenvalue weighted by atomic mass is 10.0. The molecule has 100 valence electrons. The van der Waals surface area contributed by atoms with E-state index in [1.165, 1.54) is 0 Å². The van der Waals surface area contributed by atoms with Crippen LogP contribution in [-0.4, -0.2) is 23.4 Å². The predicted octanol–water partition coefficient (Wildman–Crippen LogP) is 2.04. The Bertz CT molecular complexity index is 427. The first kappa shape index (κ1) is 13.7. The highest BCUT2D eigenvalue weighted by molar-refractivity contribution is 5.22. The lowest BCUT2D eigenvalue weighted by Crippen LogP contribution is -2.31. The Morgan fingerprint density at radius 3 is 1.37 bits per heavy atom. The minimum absolute atomic E-state index is 0.00660. The van der Waals surface area contributed by atoms with Crippen LogP contribution in [-0.2, 0) is 0 Å². The highest BCUT2D eigenvalue weighted by atomic mass is 16.3. The Balaban J connectivity index is 2.13. The summed E-state index contributed by atoms with van der Waals surface area (Å²) in [4.78, 5) is 0. The van der Waals surface area contributed by atoms with E-state index in [0.29, 0.717) is 0 Å². The zero-order valence-electron chi connectivity index (χ0n) is 10.7. The number of hydrogen-bond donors (Lipinski definition) is 3. The van der Waals surface area contributed by atoms with Crippen LogP contribution < -0.4 is 5.32 Å². The van der Waals surface area contributed by atoms with Crippen molar-refractivity contribution in [3.63, 3.8) is 0 Å². The maximum Gasteiger partial charge on any atom is 0.0626 e. The van der Waals surface area contributed by atoms with Crippen LogP contribution >= 0.6 is 0 Å². The molecule has 0 saturated heterocycles. The molecular weight excluding hydrogens is 238 g/mol. The monoisotopic (exact) mass is 257 g/mol. The number of rotatable bonds is 6. The van der Waals surface area contributed by atoms with E-state index in [1.54, 1.807) is 0 Å². The van der Waals surface area contributed by atoms with Crippen molar-refractivity contribution >= 4 is 0 Å². The van der Waals surface area contributed by atoms with Gasteiger partial charge in [0.1, 0.15) is 0 Å². The Labute approximate surface area is 113 Å². The maximum atomic E-state index is 9.53. The lowest BCUT2D eigenvalue weighted by molar-refractivity contribution is 0.194. The van der Waals surface area contributed by atoms with Gasteiger partial charge in [0.05, 0.1) is 25.3 Å². The normalized spacial score (nSPS) is 14.0. The standard InChI is InChI=1S/C16H19NO2/c18-11-15(13-7-3-1-4-8-13)17-16(12-19)14-9-5-2-6-10-14/h1-10,15-19H,11-12H2/t15-,16+. The second-order valence-corrected chi connectivity index (χ2v) is 4.46. The molecule has 3 nitrogen and oxygen atoms in total. The van der Waals surface area contributed by atoms with Crippen molar-refractivity contribution in [3.05, 3.63) is 71.8 Å². The molecule has 0 aromatic heterocycles. The number of hydrogen-bond acceptors (Lipinski definition) is 3. The summed E-state index contributed by atoms with van der Waals surface area (Å²) in [5.41, 5.74) is 2.03. The fourth-order valence-electron chi connectivity index (χ4n) is 2.12. The van der Waals surface area contributed by atoms with Crippen LogP contribution in [0.4, 0.5) is 0 Å². The molecule has 0 spiro atoms. The summed E-state index contributed by atoms with van der Waals surface area (Å²) in [6.07, 6.45) is 0. The van der Waals surface area contributed by atoms with Gasteiger partial charge in [-0.2, -0.15) is 0 Å². The van der Waals surface area contributed by atoms with E-state index in [9.17, 15) is 10.2 Å². The average Bonchev–Trinajstić information content (AvgIpc) is 2.50. The Morgan fingerprint density at radius 1 is 0.684 bits per heavy atom. The third kappa shape index (κ3) is 3.64. The Kier molecular flexibility index (Phi) is 5.10. The van der Waals surface area contributed by atoms with Crippen LogP contribution in [0.2, 0.25) is 0 Å². The first-order valence-corrected chi connectivity index (χ1v) is 6.43. The maximum absolute atomic E-state index is 9.53. The first-order valence-electron chi connectivity index (χ1n) is 6.43. The van der Waals surface area contributed by atoms with Crippen LogP contribution in [0.25, 0.3) is 0 Å². The third-order valence-corrected chi connectivity index (χ3v) is 3.17. The van der Waals surface area contributed by atoms with E-state index in [2.05, 4.69) is 5.32 Å². The van der Waals surface area contributed by atoms with Crippen LogP contribution in [0.1, 0.15) is 23.2 Å². The van der Waals surface area contributed by atoms with Crippen molar-refractivity contribution in [2.45, 2.75) is 12.1 Å². The summed E-state index contributed by atoms with van der Waals surface area (Å²) in [6, 6.07) is 19.1. The van der Waals surface area contributed by atoms with Crippen molar-refractivity contribution in [1.29, 1.82) is 0 Å². The number of benzene rings is 2. The van der Waals surface area contributed by atoms with Crippen LogP contribution in [0.5, 0.6) is 0 Å². The second kappa shape index (κ2) is 7.04. The van der Waals surface area contributed by atoms with Crippen molar-refractivity contribution in [1.82, 2.24) is 5.32 Å². The molecule has 0 radical (unpaired) electrons. The first-order chi connectivity index (χ1) is 9.35. The summed E-state index contributed by atoms with van der Waals surface area (Å²) < 4.78 is 0. The molecule has 19 heavy (non-hydrogen) atoms. The summed E-state index contributed by atoms with van der Waals surface area (Å²) >= 11 is 0. The third-order valence-electron chi connectivity index (χ3n) is 3.17. The van der Waals surface area contributed by atoms with Crippen molar-refractivity contribution in [2.24, 2.45) is 0 Å². The summed E-state index contributed by atoms with van der Waals surface area (Å²) in [5.74, 6) is 0. The van der Waals surface area contributed by atoms with Crippen LogP contribution in [0, 0.1) is 0 Å². The lowest BCUT2D eigenvalue weighted by Gasteiger charge is -2.24. The van der Waals surface area contributed by atoms with Gasteiger partial charge < -0.3 is 10.2 Å². The van der Waals surface area contributed by atoms with E-state index in [-0.39, 0.29) is 25.3 Å². The van der Waals surface area contributed by atoms with Gasteiger partial charge in [-0.15, -0.1) is 0 Å². The number of nitrogens with one attached hydrogen (secondary N) is 1. The van der Waals surface area contributed by atoms with E-state index in [4.69, 9.17) is 0 Å². The smallest absolute Gasteiger partial charge is 0.0626 e. The second-order valence-electron chi connectivity index (χ2n) is 4.46. The highest BCUT2D eigenvalue weighted by Crippen LogP contribution is 2.19. The van der Waals surface area contributed by atoms with Gasteiger partial charge in [0.2, 0.25) is 0 Å². The van der Waals surface area contributed by atoms with Gasteiger partial charge in [-0.05, 0) is 11.1 Å². The van der Waals surface area contributed by atoms with Gasteiger partial charge in [-0.3, -0.25) is 5.32 Å². The molecule has 2 atom stereocenters. The minimum Gasteiger partial charge on any atom is -0.394 e. The van der Waals surface area contributed by atoms with Gasteiger partial charge in [0, 0.05) is 0 Å². The van der Waals surface area contributed by atoms with Gasteiger partial charge in [0.25, 0.3) is 0 Å². The summed E-state index contributed by atoms with van der Waals surface area (Å²) in [5, 5.41) is 22.3. The van der Waals surface area contributed by atoms with E-state index in [0.717, 1.165) is 11.1 Å². The zero-order chi connectivity index (χ0) is 13.5. The summed E-state index contributed by atoms with van der Waals surface area (Å²) in [6.45, 7) is -0.0132. The predicted molar refractivity (Wildman–Crippen MR) is 75.7 cm³/mol. The molecule has 0 unspecified atom stereocenters. The fourth-order valence-corrected chi connectivity index (χ4v) is 2.12. The van der Waals surface area contributed by atoms with E-state index in [1.807, 2.05) is 60.7 Å². The molecule has 3 N–H and O–H groups in total. The Hall–Kier alpha value is -1.68. The average molecular weight is 257 g/mol. The molecule has 0 aliphatic rings. The largest absolute Gasteiger partial charge is 0.394 e. The SMILES string of the molecule is OC[C@H](N[C@H](CO)c1ccccc1)c1ccccc1. The van der Waals surface area contributed by atoms with Crippen molar-refractivity contribution in [3.8, 4) is 0 Å². The topological polar surface area (TPSA) is 52.5 Å². The quantitative estimate of drug-likeness (QED) is 0.742. The van der Waals surface area contributed by atoms with Gasteiger partial charge in [-0.25, -0.2) is 0 Å². The fraction of sp³-hybridized carbons (Fsp3) is 0.250. The minimum atomic E-state index is -0.182. The van der Waals surface area contributed by atoms with Crippen LogP contribution in [0.3, 0.4) is 0 Å². The Morgan fingerprint density at radius 2 is 1.05 bits per heavy atom. The number of aliphatic hydroxyl groups is 2. The van der Waals surface area contributed by atoms with Gasteiger partial charge in [-0.1, -0.05) is 60.7 Å². The van der Waals surface area contributed by atoms with Gasteiger partial charge >= 0.3 is 0 Å².